The van der Waals surface area contributed by atoms with E-state index in [0.29, 0.717) is 12.5 Å². The summed E-state index contributed by atoms with van der Waals surface area (Å²) in [5, 5.41) is 6.52. The minimum atomic E-state index is -0.114. The molecule has 0 rings (SSSR count). The number of ether oxygens (including phenoxy) is 1. The predicted octanol–water partition coefficient (Wildman–Crippen LogP) is 0.917. The minimum absolute atomic E-state index is 0.114. The van der Waals surface area contributed by atoms with Gasteiger partial charge in [-0.2, -0.15) is 0 Å². The molecule has 0 heterocycles. The number of nitrogens with one attached hydrogen (secondary N) is 2. The Kier molecular flexibility index (Phi) is 9.52. The normalized spacial score (nSPS) is 12.5. The van der Waals surface area contributed by atoms with E-state index in [4.69, 9.17) is 0 Å². The number of hydrogen-bond acceptors (Lipinski definition) is 4. The smallest absolute Gasteiger partial charge is 0.305 e. The SMILES string of the molecule is CNCCCNC(C)CCCC(=O)OC. The van der Waals surface area contributed by atoms with E-state index in [0.717, 1.165) is 32.4 Å². The summed E-state index contributed by atoms with van der Waals surface area (Å²) in [6.07, 6.45) is 3.58. The van der Waals surface area contributed by atoms with E-state index in [9.17, 15) is 4.79 Å². The van der Waals surface area contributed by atoms with Gasteiger partial charge < -0.3 is 15.4 Å². The van der Waals surface area contributed by atoms with Crippen LogP contribution >= 0.6 is 0 Å². The molecule has 0 aliphatic heterocycles. The fourth-order valence-electron chi connectivity index (χ4n) is 1.37. The number of esters is 1. The van der Waals surface area contributed by atoms with E-state index in [2.05, 4.69) is 22.3 Å². The van der Waals surface area contributed by atoms with Crippen LogP contribution in [-0.2, 0) is 9.53 Å². The highest BCUT2D eigenvalue weighted by atomic mass is 16.5. The quantitative estimate of drug-likeness (QED) is 0.444. The molecule has 0 aliphatic carbocycles. The van der Waals surface area contributed by atoms with Crippen molar-refractivity contribution in [3.8, 4) is 0 Å². The molecule has 0 spiro atoms. The summed E-state index contributed by atoms with van der Waals surface area (Å²) in [6.45, 7) is 4.22. The maximum absolute atomic E-state index is 10.8. The summed E-state index contributed by atoms with van der Waals surface area (Å²) in [5.41, 5.74) is 0. The fourth-order valence-corrected chi connectivity index (χ4v) is 1.37. The second kappa shape index (κ2) is 9.93. The van der Waals surface area contributed by atoms with Gasteiger partial charge in [0.2, 0.25) is 0 Å². The number of carbonyl (C=O) groups is 1. The zero-order valence-corrected chi connectivity index (χ0v) is 10.1. The van der Waals surface area contributed by atoms with Gasteiger partial charge in [-0.05, 0) is 46.3 Å². The van der Waals surface area contributed by atoms with Crippen LogP contribution in [0.1, 0.15) is 32.6 Å². The molecule has 0 amide bonds. The summed E-state index contributed by atoms with van der Waals surface area (Å²) < 4.78 is 4.58. The van der Waals surface area contributed by atoms with E-state index in [1.807, 2.05) is 7.05 Å². The first kappa shape index (κ1) is 14.4. The van der Waals surface area contributed by atoms with E-state index >= 15 is 0 Å². The van der Waals surface area contributed by atoms with Crippen LogP contribution in [0.5, 0.6) is 0 Å². The van der Waals surface area contributed by atoms with Crippen LogP contribution < -0.4 is 10.6 Å². The van der Waals surface area contributed by atoms with Crippen LogP contribution in [0.3, 0.4) is 0 Å². The molecule has 0 aliphatic rings. The van der Waals surface area contributed by atoms with Crippen molar-refractivity contribution in [2.75, 3.05) is 27.2 Å². The summed E-state index contributed by atoms with van der Waals surface area (Å²) in [5.74, 6) is -0.114. The number of carbonyl (C=O) groups excluding carboxylic acids is 1. The zero-order valence-electron chi connectivity index (χ0n) is 10.1. The lowest BCUT2D eigenvalue weighted by Crippen LogP contribution is -2.28. The number of methoxy groups -OCH3 is 1. The van der Waals surface area contributed by atoms with Gasteiger partial charge in [0.25, 0.3) is 0 Å². The predicted molar refractivity (Wildman–Crippen MR) is 61.9 cm³/mol. The Hall–Kier alpha value is -0.610. The monoisotopic (exact) mass is 216 g/mol. The van der Waals surface area contributed by atoms with Gasteiger partial charge in [-0.1, -0.05) is 0 Å². The van der Waals surface area contributed by atoms with Gasteiger partial charge in [-0.15, -0.1) is 0 Å². The highest BCUT2D eigenvalue weighted by molar-refractivity contribution is 5.68. The largest absolute Gasteiger partial charge is 0.469 e. The van der Waals surface area contributed by atoms with E-state index in [1.54, 1.807) is 0 Å². The third-order valence-electron chi connectivity index (χ3n) is 2.34. The number of hydrogen-bond donors (Lipinski definition) is 2. The lowest BCUT2D eigenvalue weighted by molar-refractivity contribution is -0.140. The van der Waals surface area contributed by atoms with Crippen molar-refractivity contribution in [3.63, 3.8) is 0 Å². The van der Waals surface area contributed by atoms with Crippen molar-refractivity contribution in [1.82, 2.24) is 10.6 Å². The van der Waals surface area contributed by atoms with Gasteiger partial charge in [-0.3, -0.25) is 4.79 Å². The average Bonchev–Trinajstić information content (AvgIpc) is 2.24. The molecule has 0 radical (unpaired) electrons. The Bertz CT molecular complexity index is 163. The fraction of sp³-hybridized carbons (Fsp3) is 0.909. The number of rotatable bonds is 9. The average molecular weight is 216 g/mol. The van der Waals surface area contributed by atoms with Gasteiger partial charge in [0, 0.05) is 12.5 Å². The van der Waals surface area contributed by atoms with Gasteiger partial charge in [-0.25, -0.2) is 0 Å². The van der Waals surface area contributed by atoms with Crippen LogP contribution in [0.2, 0.25) is 0 Å². The highest BCUT2D eigenvalue weighted by Crippen LogP contribution is 2.01. The second-order valence-electron chi connectivity index (χ2n) is 3.78. The van der Waals surface area contributed by atoms with Crippen LogP contribution in [0, 0.1) is 0 Å². The lowest BCUT2D eigenvalue weighted by atomic mass is 10.1. The summed E-state index contributed by atoms with van der Waals surface area (Å²) in [4.78, 5) is 10.8. The van der Waals surface area contributed by atoms with Crippen LogP contribution in [0.4, 0.5) is 0 Å². The van der Waals surface area contributed by atoms with Gasteiger partial charge in [0.15, 0.2) is 0 Å². The first-order valence-electron chi connectivity index (χ1n) is 5.65. The van der Waals surface area contributed by atoms with Crippen LogP contribution in [-0.4, -0.2) is 39.3 Å². The maximum atomic E-state index is 10.8. The first-order valence-corrected chi connectivity index (χ1v) is 5.65. The Morgan fingerprint density at radius 1 is 1.33 bits per heavy atom. The van der Waals surface area contributed by atoms with Crippen molar-refractivity contribution < 1.29 is 9.53 Å². The van der Waals surface area contributed by atoms with E-state index in [1.165, 1.54) is 7.11 Å². The molecule has 90 valence electrons. The van der Waals surface area contributed by atoms with Crippen molar-refractivity contribution >= 4 is 5.97 Å². The molecule has 1 unspecified atom stereocenters. The summed E-state index contributed by atoms with van der Waals surface area (Å²) in [6, 6.07) is 0.478. The minimum Gasteiger partial charge on any atom is -0.469 e. The van der Waals surface area contributed by atoms with E-state index < -0.39 is 0 Å². The molecule has 0 saturated carbocycles. The van der Waals surface area contributed by atoms with Gasteiger partial charge in [0.1, 0.15) is 0 Å². The Balaban J connectivity index is 3.25. The first-order chi connectivity index (χ1) is 7.20. The molecule has 2 N–H and O–H groups in total. The van der Waals surface area contributed by atoms with Crippen molar-refractivity contribution in [1.29, 1.82) is 0 Å². The molecule has 15 heavy (non-hydrogen) atoms. The third-order valence-corrected chi connectivity index (χ3v) is 2.34. The Morgan fingerprint density at radius 3 is 2.67 bits per heavy atom. The maximum Gasteiger partial charge on any atom is 0.305 e. The zero-order chi connectivity index (χ0) is 11.5. The molecule has 0 bridgehead atoms. The van der Waals surface area contributed by atoms with Crippen molar-refractivity contribution in [2.45, 2.75) is 38.6 Å². The van der Waals surface area contributed by atoms with Crippen LogP contribution in [0.25, 0.3) is 0 Å². The molecule has 0 aromatic carbocycles. The highest BCUT2D eigenvalue weighted by Gasteiger charge is 2.03. The molecule has 0 aromatic rings. The van der Waals surface area contributed by atoms with Gasteiger partial charge in [0.05, 0.1) is 7.11 Å². The van der Waals surface area contributed by atoms with Gasteiger partial charge >= 0.3 is 5.97 Å². The molecular weight excluding hydrogens is 192 g/mol. The van der Waals surface area contributed by atoms with E-state index in [-0.39, 0.29) is 5.97 Å². The second-order valence-corrected chi connectivity index (χ2v) is 3.78. The standard InChI is InChI=1S/C11H24N2O2/c1-10(13-9-5-8-12-2)6-4-7-11(14)15-3/h10,12-13H,4-9H2,1-3H3. The molecule has 1 atom stereocenters. The molecule has 0 saturated heterocycles. The van der Waals surface area contributed by atoms with Crippen molar-refractivity contribution in [3.05, 3.63) is 0 Å². The Morgan fingerprint density at radius 2 is 2.07 bits per heavy atom. The third kappa shape index (κ3) is 9.69. The molecular formula is C11H24N2O2. The molecule has 0 aromatic heterocycles. The van der Waals surface area contributed by atoms with Crippen LogP contribution in [0.15, 0.2) is 0 Å². The summed E-state index contributed by atoms with van der Waals surface area (Å²) >= 11 is 0. The summed E-state index contributed by atoms with van der Waals surface area (Å²) in [7, 11) is 3.39. The molecule has 4 nitrogen and oxygen atoms in total. The molecule has 0 fully saturated rings. The topological polar surface area (TPSA) is 50.4 Å². The van der Waals surface area contributed by atoms with Crippen molar-refractivity contribution in [2.24, 2.45) is 0 Å². The molecule has 4 heteroatoms. The Labute approximate surface area is 92.8 Å². The lowest BCUT2D eigenvalue weighted by Gasteiger charge is -2.12.